The van der Waals surface area contributed by atoms with Crippen LogP contribution in [0.4, 0.5) is 5.69 Å². The molecule has 4 aromatic rings. The number of carbonyl (C=O) groups excluding carboxylic acids is 1. The number of hydrogen-bond donors (Lipinski definition) is 1. The van der Waals surface area contributed by atoms with Gasteiger partial charge in [0.15, 0.2) is 0 Å². The fourth-order valence-electron chi connectivity index (χ4n) is 3.82. The van der Waals surface area contributed by atoms with Crippen LogP contribution in [0.5, 0.6) is 5.75 Å². The molecular weight excluding hydrogens is 376 g/mol. The first kappa shape index (κ1) is 19.6. The van der Waals surface area contributed by atoms with Gasteiger partial charge in [0, 0.05) is 28.7 Å². The molecule has 0 fully saturated rings. The highest BCUT2D eigenvalue weighted by atomic mass is 16.5. The van der Waals surface area contributed by atoms with Gasteiger partial charge in [-0.2, -0.15) is 0 Å². The maximum atomic E-state index is 13.1. The van der Waals surface area contributed by atoms with Crippen molar-refractivity contribution < 1.29 is 14.3 Å². The van der Waals surface area contributed by atoms with E-state index in [-0.39, 0.29) is 5.97 Å². The molecule has 0 aliphatic heterocycles. The average Bonchev–Trinajstić information content (AvgIpc) is 3.08. The van der Waals surface area contributed by atoms with Gasteiger partial charge in [0.2, 0.25) is 0 Å². The fourth-order valence-corrected chi connectivity index (χ4v) is 3.82. The van der Waals surface area contributed by atoms with Crippen LogP contribution in [0.25, 0.3) is 22.0 Å². The monoisotopic (exact) mass is 400 g/mol. The van der Waals surface area contributed by atoms with E-state index in [0.717, 1.165) is 33.3 Å². The van der Waals surface area contributed by atoms with E-state index < -0.39 is 0 Å². The van der Waals surface area contributed by atoms with Crippen LogP contribution in [0.2, 0.25) is 0 Å². The summed E-state index contributed by atoms with van der Waals surface area (Å²) in [6.07, 6.45) is 0. The molecule has 0 unspecified atom stereocenters. The Balaban J connectivity index is 1.98. The highest BCUT2D eigenvalue weighted by Gasteiger charge is 2.25. The quantitative estimate of drug-likeness (QED) is 0.360. The van der Waals surface area contributed by atoms with Crippen LogP contribution >= 0.6 is 0 Å². The molecule has 0 atom stereocenters. The van der Waals surface area contributed by atoms with E-state index in [1.165, 1.54) is 0 Å². The zero-order valence-electron chi connectivity index (χ0n) is 17.1. The fraction of sp³-hybridized carbons (Fsp3) is 0.160. The SMILES string of the molecule is CCOC(=O)c1c(-c2cccc(N)c2)c2ccccc2n1Cc1cccc(OC)c1. The molecule has 1 heterocycles. The number of fused-ring (bicyclic) bond motifs is 1. The Kier molecular flexibility index (Phi) is 5.44. The number of nitrogens with zero attached hydrogens (tertiary/aromatic N) is 1. The lowest BCUT2D eigenvalue weighted by Gasteiger charge is -2.13. The largest absolute Gasteiger partial charge is 0.497 e. The second-order valence-electron chi connectivity index (χ2n) is 7.02. The van der Waals surface area contributed by atoms with Gasteiger partial charge in [-0.1, -0.05) is 42.5 Å². The van der Waals surface area contributed by atoms with Gasteiger partial charge in [0.1, 0.15) is 11.4 Å². The first-order valence-corrected chi connectivity index (χ1v) is 9.89. The molecule has 1 aromatic heterocycles. The molecule has 0 spiro atoms. The first-order valence-electron chi connectivity index (χ1n) is 9.89. The van der Waals surface area contributed by atoms with E-state index in [1.54, 1.807) is 7.11 Å². The van der Waals surface area contributed by atoms with Gasteiger partial charge in [0.05, 0.1) is 13.7 Å². The summed E-state index contributed by atoms with van der Waals surface area (Å²) in [5.41, 5.74) is 10.9. The Morgan fingerprint density at radius 1 is 1.00 bits per heavy atom. The van der Waals surface area contributed by atoms with Crippen molar-refractivity contribution in [3.05, 3.63) is 84.1 Å². The number of anilines is 1. The Bertz CT molecular complexity index is 1210. The third kappa shape index (κ3) is 3.62. The van der Waals surface area contributed by atoms with Gasteiger partial charge in [0.25, 0.3) is 0 Å². The van der Waals surface area contributed by atoms with E-state index >= 15 is 0 Å². The second-order valence-corrected chi connectivity index (χ2v) is 7.02. The van der Waals surface area contributed by atoms with Crippen LogP contribution < -0.4 is 10.5 Å². The number of benzene rings is 3. The number of aromatic nitrogens is 1. The topological polar surface area (TPSA) is 66.5 Å². The first-order chi connectivity index (χ1) is 14.6. The van der Waals surface area contributed by atoms with Gasteiger partial charge in [-0.3, -0.25) is 0 Å². The van der Waals surface area contributed by atoms with Gasteiger partial charge in [-0.05, 0) is 48.4 Å². The summed E-state index contributed by atoms with van der Waals surface area (Å²) in [5, 5.41) is 0.981. The number of esters is 1. The van der Waals surface area contributed by atoms with Crippen molar-refractivity contribution in [3.63, 3.8) is 0 Å². The van der Waals surface area contributed by atoms with Crippen molar-refractivity contribution in [2.45, 2.75) is 13.5 Å². The third-order valence-corrected chi connectivity index (χ3v) is 5.09. The minimum absolute atomic E-state index is 0.301. The Morgan fingerprint density at radius 3 is 2.57 bits per heavy atom. The molecule has 0 amide bonds. The molecule has 5 heteroatoms. The van der Waals surface area contributed by atoms with Crippen molar-refractivity contribution in [2.75, 3.05) is 19.5 Å². The molecule has 0 saturated heterocycles. The van der Waals surface area contributed by atoms with Crippen LogP contribution in [0.1, 0.15) is 23.0 Å². The Morgan fingerprint density at radius 2 is 1.80 bits per heavy atom. The summed E-state index contributed by atoms with van der Waals surface area (Å²) in [4.78, 5) is 13.1. The predicted octanol–water partition coefficient (Wildman–Crippen LogP) is 5.12. The highest BCUT2D eigenvalue weighted by molar-refractivity contribution is 6.09. The molecular formula is C25H24N2O3. The molecule has 30 heavy (non-hydrogen) atoms. The third-order valence-electron chi connectivity index (χ3n) is 5.09. The molecule has 0 saturated carbocycles. The maximum absolute atomic E-state index is 13.1. The van der Waals surface area contributed by atoms with E-state index in [4.69, 9.17) is 15.2 Å². The van der Waals surface area contributed by atoms with Crippen molar-refractivity contribution in [2.24, 2.45) is 0 Å². The van der Waals surface area contributed by atoms with Crippen LogP contribution in [-0.4, -0.2) is 24.3 Å². The zero-order chi connectivity index (χ0) is 21.1. The lowest BCUT2D eigenvalue weighted by Crippen LogP contribution is -2.14. The van der Waals surface area contributed by atoms with Gasteiger partial charge in [-0.15, -0.1) is 0 Å². The number of methoxy groups -OCH3 is 1. The summed E-state index contributed by atoms with van der Waals surface area (Å²) in [6, 6.07) is 23.4. The normalized spacial score (nSPS) is 10.9. The highest BCUT2D eigenvalue weighted by Crippen LogP contribution is 2.37. The van der Waals surface area contributed by atoms with E-state index in [9.17, 15) is 4.79 Å². The van der Waals surface area contributed by atoms with Crippen molar-refractivity contribution in [3.8, 4) is 16.9 Å². The molecule has 4 rings (SSSR count). The summed E-state index contributed by atoms with van der Waals surface area (Å²) in [5.74, 6) is 0.423. The van der Waals surface area contributed by atoms with Crippen LogP contribution in [0.3, 0.4) is 0 Å². The number of nitrogen functional groups attached to an aromatic ring is 1. The molecule has 152 valence electrons. The molecule has 0 aliphatic carbocycles. The van der Waals surface area contributed by atoms with Gasteiger partial charge < -0.3 is 19.8 Å². The van der Waals surface area contributed by atoms with E-state index in [2.05, 4.69) is 0 Å². The summed E-state index contributed by atoms with van der Waals surface area (Å²) >= 11 is 0. The number of rotatable bonds is 6. The number of hydrogen-bond acceptors (Lipinski definition) is 4. The van der Waals surface area contributed by atoms with Crippen molar-refractivity contribution in [1.29, 1.82) is 0 Å². The van der Waals surface area contributed by atoms with Crippen LogP contribution in [0, 0.1) is 0 Å². The summed E-state index contributed by atoms with van der Waals surface area (Å²) in [6.45, 7) is 2.62. The number of nitrogens with two attached hydrogens (primary N) is 1. The van der Waals surface area contributed by atoms with Crippen molar-refractivity contribution in [1.82, 2.24) is 4.57 Å². The lowest BCUT2D eigenvalue weighted by atomic mass is 10.0. The molecule has 0 bridgehead atoms. The average molecular weight is 400 g/mol. The zero-order valence-corrected chi connectivity index (χ0v) is 17.1. The Hall–Kier alpha value is -3.73. The van der Waals surface area contributed by atoms with Gasteiger partial charge in [-0.25, -0.2) is 4.79 Å². The molecule has 5 nitrogen and oxygen atoms in total. The standard InChI is InChI=1S/C25H24N2O3/c1-3-30-25(28)24-23(18-9-7-10-19(26)15-18)21-12-4-5-13-22(21)27(24)16-17-8-6-11-20(14-17)29-2/h4-15H,3,16,26H2,1-2H3. The smallest absolute Gasteiger partial charge is 0.355 e. The molecule has 0 radical (unpaired) electrons. The minimum Gasteiger partial charge on any atom is -0.497 e. The maximum Gasteiger partial charge on any atom is 0.355 e. The Labute approximate surface area is 175 Å². The van der Waals surface area contributed by atoms with Crippen LogP contribution in [0.15, 0.2) is 72.8 Å². The molecule has 2 N–H and O–H groups in total. The summed E-state index contributed by atoms with van der Waals surface area (Å²) in [7, 11) is 1.64. The van der Waals surface area contributed by atoms with E-state index in [1.807, 2.05) is 84.3 Å². The van der Waals surface area contributed by atoms with Crippen molar-refractivity contribution >= 4 is 22.6 Å². The second kappa shape index (κ2) is 8.33. The van der Waals surface area contributed by atoms with Gasteiger partial charge >= 0.3 is 5.97 Å². The predicted molar refractivity (Wildman–Crippen MR) is 120 cm³/mol. The molecule has 3 aromatic carbocycles. The van der Waals surface area contributed by atoms with Crippen LogP contribution in [-0.2, 0) is 11.3 Å². The minimum atomic E-state index is -0.353. The lowest BCUT2D eigenvalue weighted by molar-refractivity contribution is 0.0516. The van der Waals surface area contributed by atoms with E-state index in [0.29, 0.717) is 24.5 Å². The number of carbonyl (C=O) groups is 1. The summed E-state index contributed by atoms with van der Waals surface area (Å²) < 4.78 is 12.8. The molecule has 0 aliphatic rings. The number of ether oxygens (including phenoxy) is 2. The number of para-hydroxylation sites is 1.